The molecule has 10 heteroatoms. The number of alkyl halides is 3. The number of hydrogen-bond acceptors (Lipinski definition) is 4. The van der Waals surface area contributed by atoms with Gasteiger partial charge in [0, 0.05) is 0 Å². The number of sulfone groups is 1. The van der Waals surface area contributed by atoms with Crippen molar-refractivity contribution < 1.29 is 21.6 Å². The Morgan fingerprint density at radius 1 is 1.26 bits per heavy atom. The number of benzene rings is 1. The molecule has 0 unspecified atom stereocenters. The molecule has 0 saturated carbocycles. The summed E-state index contributed by atoms with van der Waals surface area (Å²) < 4.78 is 59.3. The van der Waals surface area contributed by atoms with Crippen molar-refractivity contribution in [1.82, 2.24) is 0 Å². The van der Waals surface area contributed by atoms with Gasteiger partial charge in [-0.05, 0) is 17.7 Å². The Balaban J connectivity index is 3.16. The van der Waals surface area contributed by atoms with Crippen LogP contribution in [0.25, 0.3) is 0 Å². The van der Waals surface area contributed by atoms with Crippen molar-refractivity contribution >= 4 is 22.0 Å². The fourth-order valence-electron chi connectivity index (χ4n) is 1.06. The molecule has 0 aliphatic rings. The monoisotopic (exact) mass is 294 g/mol. The number of halogens is 3. The largest absolute Gasteiger partial charge is 0.501 e. The predicted octanol–water partition coefficient (Wildman–Crippen LogP) is 0.587. The van der Waals surface area contributed by atoms with E-state index in [4.69, 9.17) is 11.5 Å². The first-order valence-electron chi connectivity index (χ1n) is 4.68. The first-order chi connectivity index (χ1) is 8.64. The van der Waals surface area contributed by atoms with Crippen LogP contribution in [0.15, 0.2) is 39.4 Å². The van der Waals surface area contributed by atoms with Crippen molar-refractivity contribution in [3.8, 4) is 0 Å². The number of nitrogens with zero attached hydrogens (tertiary/aromatic N) is 2. The summed E-state index contributed by atoms with van der Waals surface area (Å²) >= 11 is 0. The second-order valence-corrected chi connectivity index (χ2v) is 5.23. The first kappa shape index (κ1) is 15.0. The van der Waals surface area contributed by atoms with Gasteiger partial charge in [-0.1, -0.05) is 12.1 Å². The molecule has 0 amide bonds. The standard InChI is InChI=1S/C9H9F3N4O2S/c10-9(11,12)19(17,18)7-3-1-2-6(4-7)5-15-16-8(13)14/h1-5H,(H4,13,14,16). The van der Waals surface area contributed by atoms with Crippen LogP contribution in [0.1, 0.15) is 5.56 Å². The van der Waals surface area contributed by atoms with Gasteiger partial charge in [-0.25, -0.2) is 8.42 Å². The van der Waals surface area contributed by atoms with Gasteiger partial charge < -0.3 is 11.5 Å². The van der Waals surface area contributed by atoms with Crippen molar-refractivity contribution in [1.29, 1.82) is 0 Å². The minimum absolute atomic E-state index is 0.107. The maximum Gasteiger partial charge on any atom is 0.501 e. The van der Waals surface area contributed by atoms with Gasteiger partial charge >= 0.3 is 5.51 Å². The zero-order chi connectivity index (χ0) is 14.7. The molecule has 0 spiro atoms. The highest BCUT2D eigenvalue weighted by molar-refractivity contribution is 7.92. The fraction of sp³-hybridized carbons (Fsp3) is 0.111. The molecule has 1 aromatic carbocycles. The van der Waals surface area contributed by atoms with Gasteiger partial charge in [-0.3, -0.25) is 0 Å². The first-order valence-corrected chi connectivity index (χ1v) is 6.16. The van der Waals surface area contributed by atoms with Gasteiger partial charge in [0.25, 0.3) is 9.84 Å². The molecule has 0 saturated heterocycles. The number of rotatable bonds is 3. The van der Waals surface area contributed by atoms with E-state index < -0.39 is 20.2 Å². The van der Waals surface area contributed by atoms with Gasteiger partial charge in [0.1, 0.15) is 0 Å². The van der Waals surface area contributed by atoms with E-state index in [0.717, 1.165) is 24.4 Å². The Hall–Kier alpha value is -2.10. The molecule has 4 N–H and O–H groups in total. The molecule has 0 fully saturated rings. The number of hydrogen-bond donors (Lipinski definition) is 2. The SMILES string of the molecule is NC(N)=NN=Cc1cccc(S(=O)(=O)C(F)(F)F)c1. The van der Waals surface area contributed by atoms with Crippen LogP contribution in [0.4, 0.5) is 13.2 Å². The molecule has 0 bridgehead atoms. The van der Waals surface area contributed by atoms with Crippen LogP contribution in [0, 0.1) is 0 Å². The maximum atomic E-state index is 12.3. The van der Waals surface area contributed by atoms with E-state index in [9.17, 15) is 21.6 Å². The van der Waals surface area contributed by atoms with E-state index in [2.05, 4.69) is 10.2 Å². The fourth-order valence-corrected chi connectivity index (χ4v) is 1.87. The predicted molar refractivity (Wildman–Crippen MR) is 63.1 cm³/mol. The number of nitrogens with two attached hydrogens (primary N) is 2. The minimum atomic E-state index is -5.39. The van der Waals surface area contributed by atoms with Gasteiger partial charge in [-0.15, -0.1) is 5.10 Å². The lowest BCUT2D eigenvalue weighted by molar-refractivity contribution is -0.0436. The van der Waals surface area contributed by atoms with E-state index in [1.165, 1.54) is 6.07 Å². The average molecular weight is 294 g/mol. The van der Waals surface area contributed by atoms with Crippen molar-refractivity contribution in [3.05, 3.63) is 29.8 Å². The molecule has 0 aliphatic heterocycles. The Bertz CT molecular complexity index is 619. The molecule has 1 rings (SSSR count). The molecule has 0 atom stereocenters. The van der Waals surface area contributed by atoms with E-state index in [-0.39, 0.29) is 11.5 Å². The Labute approximate surface area is 106 Å². The molecule has 0 aliphatic carbocycles. The highest BCUT2D eigenvalue weighted by Gasteiger charge is 2.46. The Kier molecular flexibility index (Phi) is 4.14. The third-order valence-corrected chi connectivity index (χ3v) is 3.34. The van der Waals surface area contributed by atoms with Crippen LogP contribution in [0.5, 0.6) is 0 Å². The molecule has 0 aromatic heterocycles. The lowest BCUT2D eigenvalue weighted by atomic mass is 10.2. The molecule has 1 aromatic rings. The highest BCUT2D eigenvalue weighted by Crippen LogP contribution is 2.30. The van der Waals surface area contributed by atoms with E-state index >= 15 is 0 Å². The van der Waals surface area contributed by atoms with Gasteiger partial charge in [0.15, 0.2) is 0 Å². The van der Waals surface area contributed by atoms with Crippen LogP contribution in [0.3, 0.4) is 0 Å². The molecule has 0 radical (unpaired) electrons. The molecule has 0 heterocycles. The molecular weight excluding hydrogens is 285 g/mol. The zero-order valence-corrected chi connectivity index (χ0v) is 10.1. The summed E-state index contributed by atoms with van der Waals surface area (Å²) in [6.45, 7) is 0. The summed E-state index contributed by atoms with van der Waals surface area (Å²) in [5, 5.41) is 6.59. The third kappa shape index (κ3) is 3.68. The third-order valence-electron chi connectivity index (χ3n) is 1.85. The second kappa shape index (κ2) is 5.26. The molecule has 19 heavy (non-hydrogen) atoms. The van der Waals surface area contributed by atoms with Gasteiger partial charge in [0.2, 0.25) is 5.96 Å². The summed E-state index contributed by atoms with van der Waals surface area (Å²) in [6, 6.07) is 4.14. The van der Waals surface area contributed by atoms with E-state index in [1.807, 2.05) is 0 Å². The van der Waals surface area contributed by atoms with Gasteiger partial charge in [0.05, 0.1) is 11.1 Å². The Morgan fingerprint density at radius 3 is 2.42 bits per heavy atom. The second-order valence-electron chi connectivity index (χ2n) is 3.29. The number of guanidine groups is 1. The van der Waals surface area contributed by atoms with Crippen LogP contribution in [-0.2, 0) is 9.84 Å². The zero-order valence-electron chi connectivity index (χ0n) is 9.29. The van der Waals surface area contributed by atoms with Crippen molar-refractivity contribution in [3.63, 3.8) is 0 Å². The van der Waals surface area contributed by atoms with Crippen LogP contribution >= 0.6 is 0 Å². The summed E-state index contributed by atoms with van der Waals surface area (Å²) in [7, 11) is -5.39. The summed E-state index contributed by atoms with van der Waals surface area (Å²) in [5.41, 5.74) is 4.71. The van der Waals surface area contributed by atoms with Crippen molar-refractivity contribution in [2.24, 2.45) is 21.7 Å². The summed E-state index contributed by atoms with van der Waals surface area (Å²) in [4.78, 5) is -0.881. The van der Waals surface area contributed by atoms with Crippen LogP contribution in [0.2, 0.25) is 0 Å². The smallest absolute Gasteiger partial charge is 0.369 e. The van der Waals surface area contributed by atoms with Crippen molar-refractivity contribution in [2.75, 3.05) is 0 Å². The van der Waals surface area contributed by atoms with E-state index in [0.29, 0.717) is 0 Å². The lowest BCUT2D eigenvalue weighted by Crippen LogP contribution is -2.23. The van der Waals surface area contributed by atoms with E-state index in [1.54, 1.807) is 0 Å². The van der Waals surface area contributed by atoms with Gasteiger partial charge in [-0.2, -0.15) is 18.3 Å². The van der Waals surface area contributed by atoms with Crippen molar-refractivity contribution in [2.45, 2.75) is 10.4 Å². The molecular formula is C9H9F3N4O2S. The van der Waals surface area contributed by atoms with Crippen LogP contribution < -0.4 is 11.5 Å². The molecule has 104 valence electrons. The quantitative estimate of drug-likeness (QED) is 0.482. The minimum Gasteiger partial charge on any atom is -0.369 e. The lowest BCUT2D eigenvalue weighted by Gasteiger charge is -2.08. The topological polar surface area (TPSA) is 111 Å². The highest BCUT2D eigenvalue weighted by atomic mass is 32.2. The summed E-state index contributed by atoms with van der Waals surface area (Å²) in [6.07, 6.45) is 1.02. The maximum absolute atomic E-state index is 12.3. The summed E-state index contributed by atoms with van der Waals surface area (Å²) in [5.74, 6) is -0.338. The molecule has 6 nitrogen and oxygen atoms in total. The Morgan fingerprint density at radius 2 is 1.89 bits per heavy atom. The van der Waals surface area contributed by atoms with Crippen LogP contribution in [-0.4, -0.2) is 26.1 Å². The normalized spacial score (nSPS) is 12.6. The average Bonchev–Trinajstić information content (AvgIpc) is 2.27.